The highest BCUT2D eigenvalue weighted by atomic mass is 32.2. The van der Waals surface area contributed by atoms with Crippen molar-refractivity contribution >= 4 is 16.1 Å². The van der Waals surface area contributed by atoms with E-state index in [1.165, 1.54) is 7.11 Å². The Labute approximate surface area is 124 Å². The molecule has 21 heavy (non-hydrogen) atoms. The van der Waals surface area contributed by atoms with Crippen LogP contribution in [0, 0.1) is 0 Å². The first kappa shape index (κ1) is 16.4. The van der Waals surface area contributed by atoms with Crippen molar-refractivity contribution in [1.82, 2.24) is 0 Å². The van der Waals surface area contributed by atoms with Crippen molar-refractivity contribution in [2.24, 2.45) is 0 Å². The largest absolute Gasteiger partial charge is 0.466 e. The lowest BCUT2D eigenvalue weighted by molar-refractivity contribution is -0.150. The van der Waals surface area contributed by atoms with E-state index in [2.05, 4.69) is 0 Å². The molecule has 1 fully saturated rings. The third-order valence-electron chi connectivity index (χ3n) is 3.53. The minimum Gasteiger partial charge on any atom is -0.466 e. The zero-order chi connectivity index (χ0) is 16.0. The second kappa shape index (κ2) is 5.35. The van der Waals surface area contributed by atoms with Gasteiger partial charge in [-0.2, -0.15) is 8.42 Å². The standard InChI is InChI=1S/C13H20O7S/c1-7-8(12(14)17-4)6-9(20-21(5,15)16)11-10(7)18-13(2,3)19-11/h9-11H,6H2,1-5H3/t9-,10-,11+/m1/s1. The molecular weight excluding hydrogens is 300 g/mol. The molecule has 0 saturated carbocycles. The fourth-order valence-electron chi connectivity index (χ4n) is 2.73. The van der Waals surface area contributed by atoms with Gasteiger partial charge in [-0.25, -0.2) is 4.79 Å². The molecule has 0 spiro atoms. The Morgan fingerprint density at radius 2 is 1.95 bits per heavy atom. The molecule has 0 amide bonds. The van der Waals surface area contributed by atoms with Gasteiger partial charge >= 0.3 is 5.97 Å². The molecule has 2 aliphatic rings. The Bertz CT molecular complexity index is 575. The Morgan fingerprint density at radius 3 is 2.48 bits per heavy atom. The molecule has 1 aliphatic carbocycles. The zero-order valence-corrected chi connectivity index (χ0v) is 13.5. The van der Waals surface area contributed by atoms with Gasteiger partial charge in [0.2, 0.25) is 0 Å². The van der Waals surface area contributed by atoms with E-state index >= 15 is 0 Å². The molecule has 0 radical (unpaired) electrons. The molecule has 0 bridgehead atoms. The first-order valence-corrected chi connectivity index (χ1v) is 8.37. The number of carbonyl (C=O) groups is 1. The third kappa shape index (κ3) is 3.45. The second-order valence-corrected chi connectivity index (χ2v) is 7.32. The number of rotatable bonds is 3. The van der Waals surface area contributed by atoms with Crippen LogP contribution in [0.5, 0.6) is 0 Å². The van der Waals surface area contributed by atoms with Gasteiger partial charge in [0.15, 0.2) is 5.79 Å². The maximum absolute atomic E-state index is 11.9. The smallest absolute Gasteiger partial charge is 0.333 e. The minimum absolute atomic E-state index is 0.103. The fourth-order valence-corrected chi connectivity index (χ4v) is 3.35. The number of carbonyl (C=O) groups excluding carboxylic acids is 1. The number of methoxy groups -OCH3 is 1. The number of ether oxygens (including phenoxy) is 3. The van der Waals surface area contributed by atoms with Gasteiger partial charge in [0.25, 0.3) is 10.1 Å². The topological polar surface area (TPSA) is 88.1 Å². The summed E-state index contributed by atoms with van der Waals surface area (Å²) in [5.41, 5.74) is 1.06. The van der Waals surface area contributed by atoms with Gasteiger partial charge in [-0.05, 0) is 26.3 Å². The summed E-state index contributed by atoms with van der Waals surface area (Å²) in [5, 5.41) is 0. The molecule has 120 valence electrons. The van der Waals surface area contributed by atoms with E-state index in [1.54, 1.807) is 20.8 Å². The third-order valence-corrected chi connectivity index (χ3v) is 4.13. The molecule has 2 rings (SSSR count). The predicted molar refractivity (Wildman–Crippen MR) is 72.9 cm³/mol. The van der Waals surface area contributed by atoms with Crippen LogP contribution in [0.4, 0.5) is 0 Å². The molecule has 0 aromatic carbocycles. The lowest BCUT2D eigenvalue weighted by Gasteiger charge is -2.32. The molecule has 0 aromatic rings. The van der Waals surface area contributed by atoms with E-state index in [0.717, 1.165) is 6.26 Å². The van der Waals surface area contributed by atoms with Gasteiger partial charge in [-0.1, -0.05) is 0 Å². The zero-order valence-electron chi connectivity index (χ0n) is 12.7. The van der Waals surface area contributed by atoms with Crippen molar-refractivity contribution < 1.29 is 31.6 Å². The van der Waals surface area contributed by atoms with Gasteiger partial charge in [-0.3, -0.25) is 4.18 Å². The Morgan fingerprint density at radius 1 is 1.33 bits per heavy atom. The summed E-state index contributed by atoms with van der Waals surface area (Å²) in [7, 11) is -2.41. The molecule has 0 unspecified atom stereocenters. The van der Waals surface area contributed by atoms with Crippen molar-refractivity contribution in [2.75, 3.05) is 13.4 Å². The summed E-state index contributed by atoms with van der Waals surface area (Å²) in [5.74, 6) is -1.39. The van der Waals surface area contributed by atoms with E-state index in [4.69, 9.17) is 18.4 Å². The summed E-state index contributed by atoms with van der Waals surface area (Å²) < 4.78 is 44.2. The first-order valence-electron chi connectivity index (χ1n) is 6.56. The molecule has 1 heterocycles. The van der Waals surface area contributed by atoms with Gasteiger partial charge in [0, 0.05) is 12.0 Å². The highest BCUT2D eigenvalue weighted by Crippen LogP contribution is 2.41. The van der Waals surface area contributed by atoms with E-state index in [1.807, 2.05) is 0 Å². The monoisotopic (exact) mass is 320 g/mol. The van der Waals surface area contributed by atoms with Gasteiger partial charge in [0.05, 0.1) is 13.4 Å². The van der Waals surface area contributed by atoms with Crippen LogP contribution in [0.25, 0.3) is 0 Å². The summed E-state index contributed by atoms with van der Waals surface area (Å²) in [6.07, 6.45) is -0.861. The summed E-state index contributed by atoms with van der Waals surface area (Å²) in [6, 6.07) is 0. The Hall–Kier alpha value is -0.960. The Balaban J connectivity index is 2.39. The quantitative estimate of drug-likeness (QED) is 0.560. The minimum atomic E-state index is -3.68. The molecule has 0 N–H and O–H groups in total. The Kier molecular flexibility index (Phi) is 4.18. The summed E-state index contributed by atoms with van der Waals surface area (Å²) >= 11 is 0. The molecule has 1 saturated heterocycles. The van der Waals surface area contributed by atoms with Crippen molar-refractivity contribution in [3.05, 3.63) is 11.1 Å². The van der Waals surface area contributed by atoms with Gasteiger partial charge in [-0.15, -0.1) is 0 Å². The van der Waals surface area contributed by atoms with Crippen LogP contribution in [0.1, 0.15) is 27.2 Å². The van der Waals surface area contributed by atoms with Crippen molar-refractivity contribution in [2.45, 2.75) is 51.3 Å². The maximum Gasteiger partial charge on any atom is 0.333 e. The molecule has 0 aromatic heterocycles. The number of hydrogen-bond acceptors (Lipinski definition) is 7. The normalized spacial score (nSPS) is 32.0. The number of hydrogen-bond donors (Lipinski definition) is 0. The SMILES string of the molecule is COC(=O)C1=C(C)[C@H]2OC(C)(C)O[C@H]2[C@H](OS(C)(=O)=O)C1. The van der Waals surface area contributed by atoms with Crippen LogP contribution in [0.3, 0.4) is 0 Å². The molecule has 3 atom stereocenters. The van der Waals surface area contributed by atoms with Crippen molar-refractivity contribution in [1.29, 1.82) is 0 Å². The highest BCUT2D eigenvalue weighted by Gasteiger charge is 2.51. The van der Waals surface area contributed by atoms with Gasteiger partial charge < -0.3 is 14.2 Å². The van der Waals surface area contributed by atoms with E-state index in [-0.39, 0.29) is 6.42 Å². The second-order valence-electron chi connectivity index (χ2n) is 5.72. The van der Waals surface area contributed by atoms with Crippen LogP contribution in [-0.4, -0.2) is 51.9 Å². The van der Waals surface area contributed by atoms with Crippen LogP contribution >= 0.6 is 0 Å². The molecule has 8 heteroatoms. The highest BCUT2D eigenvalue weighted by molar-refractivity contribution is 7.86. The average Bonchev–Trinajstić information content (AvgIpc) is 2.67. The number of fused-ring (bicyclic) bond motifs is 1. The predicted octanol–water partition coefficient (Wildman–Crippen LogP) is 0.744. The molecular formula is C13H20O7S. The lowest BCUT2D eigenvalue weighted by Crippen LogP contribution is -2.44. The van der Waals surface area contributed by atoms with Crippen molar-refractivity contribution in [3.63, 3.8) is 0 Å². The maximum atomic E-state index is 11.9. The van der Waals surface area contributed by atoms with Crippen LogP contribution in [0.15, 0.2) is 11.1 Å². The van der Waals surface area contributed by atoms with Crippen LogP contribution < -0.4 is 0 Å². The summed E-state index contributed by atoms with van der Waals surface area (Å²) in [6.45, 7) is 5.22. The van der Waals surface area contributed by atoms with Crippen molar-refractivity contribution in [3.8, 4) is 0 Å². The summed E-state index contributed by atoms with van der Waals surface area (Å²) in [4.78, 5) is 11.9. The number of esters is 1. The fraction of sp³-hybridized carbons (Fsp3) is 0.769. The lowest BCUT2D eigenvalue weighted by atomic mass is 9.86. The van der Waals surface area contributed by atoms with E-state index in [0.29, 0.717) is 11.1 Å². The molecule has 7 nitrogen and oxygen atoms in total. The van der Waals surface area contributed by atoms with Gasteiger partial charge in [0.1, 0.15) is 18.3 Å². The van der Waals surface area contributed by atoms with Crippen LogP contribution in [0.2, 0.25) is 0 Å². The first-order chi connectivity index (χ1) is 9.54. The van der Waals surface area contributed by atoms with Crippen LogP contribution in [-0.2, 0) is 33.3 Å². The van der Waals surface area contributed by atoms with E-state index < -0.39 is 40.2 Å². The van der Waals surface area contributed by atoms with E-state index in [9.17, 15) is 13.2 Å². The average molecular weight is 320 g/mol. The molecule has 1 aliphatic heterocycles.